The van der Waals surface area contributed by atoms with Crippen molar-refractivity contribution in [2.24, 2.45) is 0 Å². The third kappa shape index (κ3) is 24.8. The highest BCUT2D eigenvalue weighted by Gasteiger charge is 1.70. The zero-order valence-electron chi connectivity index (χ0n) is 6.58. The molecule has 0 fully saturated rings. The molecule has 0 aromatic carbocycles. The molecule has 3 nitrogen and oxygen atoms in total. The van der Waals surface area contributed by atoms with E-state index in [9.17, 15) is 0 Å². The fourth-order valence-corrected chi connectivity index (χ4v) is 0.229. The molecule has 0 aromatic heterocycles. The molecule has 3 N–H and O–H groups in total. The van der Waals surface area contributed by atoms with Crippen molar-refractivity contribution in [3.8, 4) is 0 Å². The zero-order chi connectivity index (χ0) is 8.24. The van der Waals surface area contributed by atoms with Crippen LogP contribution >= 0.6 is 0 Å². The minimum absolute atomic E-state index is 0.0938. The van der Waals surface area contributed by atoms with Crippen molar-refractivity contribution in [2.45, 2.75) is 26.2 Å². The SMILES string of the molecule is CCCCO.OCCCO. The second kappa shape index (κ2) is 15.9. The van der Waals surface area contributed by atoms with Crippen LogP contribution in [0.4, 0.5) is 0 Å². The fraction of sp³-hybridized carbons (Fsp3) is 1.00. The Hall–Kier alpha value is -0.120. The van der Waals surface area contributed by atoms with Crippen molar-refractivity contribution >= 4 is 0 Å². The number of unbranched alkanes of at least 4 members (excludes halogenated alkanes) is 1. The summed E-state index contributed by atoms with van der Waals surface area (Å²) in [5.74, 6) is 0. The van der Waals surface area contributed by atoms with E-state index < -0.39 is 0 Å². The Morgan fingerprint density at radius 2 is 1.20 bits per heavy atom. The van der Waals surface area contributed by atoms with E-state index in [1.165, 1.54) is 0 Å². The number of hydrogen-bond donors (Lipinski definition) is 3. The maximum Gasteiger partial charge on any atom is 0.0452 e. The first kappa shape index (κ1) is 12.5. The van der Waals surface area contributed by atoms with Crippen molar-refractivity contribution < 1.29 is 15.3 Å². The molecule has 0 bridgehead atoms. The average molecular weight is 150 g/mol. The van der Waals surface area contributed by atoms with Crippen molar-refractivity contribution in [1.29, 1.82) is 0 Å². The molecule has 0 amide bonds. The highest BCUT2D eigenvalue weighted by molar-refractivity contribution is 4.23. The van der Waals surface area contributed by atoms with E-state index in [4.69, 9.17) is 15.3 Å². The Morgan fingerprint density at radius 3 is 1.20 bits per heavy atom. The maximum absolute atomic E-state index is 8.07. The largest absolute Gasteiger partial charge is 0.396 e. The topological polar surface area (TPSA) is 60.7 Å². The second-order valence-corrected chi connectivity index (χ2v) is 1.88. The van der Waals surface area contributed by atoms with Gasteiger partial charge in [-0.15, -0.1) is 0 Å². The molecule has 0 aliphatic carbocycles. The van der Waals surface area contributed by atoms with Gasteiger partial charge in [-0.25, -0.2) is 0 Å². The molecule has 3 heteroatoms. The molecule has 0 spiro atoms. The summed E-state index contributed by atoms with van der Waals surface area (Å²) in [5, 5.41) is 23.9. The average Bonchev–Trinajstić information content (AvgIpc) is 1.93. The maximum atomic E-state index is 8.07. The molecule has 0 aliphatic heterocycles. The fourth-order valence-electron chi connectivity index (χ4n) is 0.229. The number of aliphatic hydroxyl groups is 3. The summed E-state index contributed by atoms with van der Waals surface area (Å²) < 4.78 is 0. The smallest absolute Gasteiger partial charge is 0.0452 e. The van der Waals surface area contributed by atoms with Crippen LogP contribution in [0.15, 0.2) is 0 Å². The number of rotatable bonds is 4. The highest BCUT2D eigenvalue weighted by Crippen LogP contribution is 1.78. The van der Waals surface area contributed by atoms with E-state index in [1.807, 2.05) is 0 Å². The Labute approximate surface area is 62.3 Å². The summed E-state index contributed by atoms with van der Waals surface area (Å²) in [7, 11) is 0. The Bertz CT molecular complexity index is 29.8. The van der Waals surface area contributed by atoms with E-state index >= 15 is 0 Å². The quantitative estimate of drug-likeness (QED) is 0.534. The van der Waals surface area contributed by atoms with Gasteiger partial charge < -0.3 is 15.3 Å². The van der Waals surface area contributed by atoms with Gasteiger partial charge in [-0.05, 0) is 12.8 Å². The first-order valence-electron chi connectivity index (χ1n) is 3.66. The molecule has 0 rings (SSSR count). The summed E-state index contributed by atoms with van der Waals surface area (Å²) in [6, 6.07) is 0. The lowest BCUT2D eigenvalue weighted by molar-refractivity contribution is 0.221. The molecule has 0 atom stereocenters. The molecule has 0 saturated heterocycles. The number of hydrogen-bond acceptors (Lipinski definition) is 3. The Kier molecular flexibility index (Phi) is 20.0. The molecule has 64 valence electrons. The molecular weight excluding hydrogens is 132 g/mol. The lowest BCUT2D eigenvalue weighted by Gasteiger charge is -1.79. The van der Waals surface area contributed by atoms with Gasteiger partial charge >= 0.3 is 0 Å². The van der Waals surface area contributed by atoms with Crippen LogP contribution in [0.25, 0.3) is 0 Å². The monoisotopic (exact) mass is 150 g/mol. The third-order valence-electron chi connectivity index (χ3n) is 0.828. The standard InChI is InChI=1S/C4H10O.C3H8O2/c1-2-3-4-5;4-2-1-3-5/h5H,2-4H2,1H3;4-5H,1-3H2. The lowest BCUT2D eigenvalue weighted by atomic mass is 10.4. The van der Waals surface area contributed by atoms with Gasteiger partial charge in [0.05, 0.1) is 0 Å². The molecule has 10 heavy (non-hydrogen) atoms. The van der Waals surface area contributed by atoms with Gasteiger partial charge in [0.2, 0.25) is 0 Å². The van der Waals surface area contributed by atoms with Crippen molar-refractivity contribution in [3.63, 3.8) is 0 Å². The van der Waals surface area contributed by atoms with Crippen molar-refractivity contribution in [3.05, 3.63) is 0 Å². The van der Waals surface area contributed by atoms with Gasteiger partial charge in [-0.2, -0.15) is 0 Å². The van der Waals surface area contributed by atoms with E-state index in [1.54, 1.807) is 0 Å². The van der Waals surface area contributed by atoms with E-state index in [2.05, 4.69) is 6.92 Å². The van der Waals surface area contributed by atoms with Crippen LogP contribution in [0.1, 0.15) is 26.2 Å². The normalized spacial score (nSPS) is 8.40. The first-order valence-corrected chi connectivity index (χ1v) is 3.66. The van der Waals surface area contributed by atoms with E-state index in [-0.39, 0.29) is 13.2 Å². The van der Waals surface area contributed by atoms with E-state index in [0.29, 0.717) is 13.0 Å². The summed E-state index contributed by atoms with van der Waals surface area (Å²) >= 11 is 0. The number of aliphatic hydroxyl groups excluding tert-OH is 3. The van der Waals surface area contributed by atoms with Crippen LogP contribution in [0.5, 0.6) is 0 Å². The Balaban J connectivity index is 0. The van der Waals surface area contributed by atoms with Gasteiger partial charge in [0.15, 0.2) is 0 Å². The van der Waals surface area contributed by atoms with Crippen LogP contribution in [0, 0.1) is 0 Å². The predicted molar refractivity (Wildman–Crippen MR) is 40.8 cm³/mol. The third-order valence-corrected chi connectivity index (χ3v) is 0.828. The van der Waals surface area contributed by atoms with Gasteiger partial charge in [0, 0.05) is 19.8 Å². The predicted octanol–water partition coefficient (Wildman–Crippen LogP) is 0.140. The molecule has 0 heterocycles. The molecule has 0 aliphatic rings. The summed E-state index contributed by atoms with van der Waals surface area (Å²) in [5.41, 5.74) is 0. The molecule has 0 aromatic rings. The Morgan fingerprint density at radius 1 is 0.800 bits per heavy atom. The molecule has 0 unspecified atom stereocenters. The molecule has 0 saturated carbocycles. The molecule has 0 radical (unpaired) electrons. The van der Waals surface area contributed by atoms with Crippen molar-refractivity contribution in [1.82, 2.24) is 0 Å². The van der Waals surface area contributed by atoms with E-state index in [0.717, 1.165) is 12.8 Å². The van der Waals surface area contributed by atoms with Crippen LogP contribution in [-0.2, 0) is 0 Å². The second-order valence-electron chi connectivity index (χ2n) is 1.88. The zero-order valence-corrected chi connectivity index (χ0v) is 6.58. The highest BCUT2D eigenvalue weighted by atomic mass is 16.3. The minimum Gasteiger partial charge on any atom is -0.396 e. The van der Waals surface area contributed by atoms with Crippen LogP contribution < -0.4 is 0 Å². The van der Waals surface area contributed by atoms with Crippen LogP contribution in [-0.4, -0.2) is 35.1 Å². The molecular formula is C7H18O3. The van der Waals surface area contributed by atoms with Gasteiger partial charge in [0.1, 0.15) is 0 Å². The first-order chi connectivity index (χ1) is 4.83. The van der Waals surface area contributed by atoms with Gasteiger partial charge in [-0.3, -0.25) is 0 Å². The van der Waals surface area contributed by atoms with Crippen molar-refractivity contribution in [2.75, 3.05) is 19.8 Å². The lowest BCUT2D eigenvalue weighted by Crippen LogP contribution is -1.85. The summed E-state index contributed by atoms with van der Waals surface area (Å²) in [4.78, 5) is 0. The summed E-state index contributed by atoms with van der Waals surface area (Å²) in [6.45, 7) is 2.58. The minimum atomic E-state index is 0.0938. The van der Waals surface area contributed by atoms with Gasteiger partial charge in [0.25, 0.3) is 0 Å². The van der Waals surface area contributed by atoms with Crippen LogP contribution in [0.3, 0.4) is 0 Å². The van der Waals surface area contributed by atoms with Crippen LogP contribution in [0.2, 0.25) is 0 Å². The van der Waals surface area contributed by atoms with Gasteiger partial charge in [-0.1, -0.05) is 13.3 Å². The summed E-state index contributed by atoms with van der Waals surface area (Å²) in [6.07, 6.45) is 2.54.